The van der Waals surface area contributed by atoms with Crippen LogP contribution in [0.25, 0.3) is 0 Å². The van der Waals surface area contributed by atoms with E-state index in [1.54, 1.807) is 0 Å². The number of benzene rings is 2. The molecule has 0 aliphatic heterocycles. The summed E-state index contributed by atoms with van der Waals surface area (Å²) in [5.74, 6) is 1.68. The lowest BCUT2D eigenvalue weighted by atomic mass is 10.2. The Kier molecular flexibility index (Phi) is 16.2. The molecule has 13 heteroatoms. The van der Waals surface area contributed by atoms with Crippen molar-refractivity contribution in [2.45, 2.75) is 13.8 Å². The summed E-state index contributed by atoms with van der Waals surface area (Å²) in [6, 6.07) is 16.2. The third kappa shape index (κ3) is 20.2. The molecule has 2 aromatic rings. The Labute approximate surface area is 203 Å². The van der Waals surface area contributed by atoms with Crippen molar-refractivity contribution in [2.24, 2.45) is 22.9 Å². The van der Waals surface area contributed by atoms with Crippen LogP contribution in [-0.4, -0.2) is 52.5 Å². The molecule has 0 saturated carbocycles. The first-order valence-electron chi connectivity index (χ1n) is 9.69. The third-order valence-corrected chi connectivity index (χ3v) is 5.03. The lowest BCUT2D eigenvalue weighted by molar-refractivity contribution is -0.351. The minimum absolute atomic E-state index is 0.640. The Balaban J connectivity index is 0.000000517. The quantitative estimate of drug-likeness (QED) is 0.108. The van der Waals surface area contributed by atoms with E-state index >= 15 is 0 Å². The van der Waals surface area contributed by atoms with Gasteiger partial charge < -0.3 is 20.6 Å². The van der Waals surface area contributed by atoms with Crippen molar-refractivity contribution in [3.63, 3.8) is 0 Å². The molecule has 0 aliphatic rings. The zero-order chi connectivity index (χ0) is 25.3. The molecular weight excluding hydrogens is 484 g/mol. The van der Waals surface area contributed by atoms with E-state index in [4.69, 9.17) is 40.5 Å². The first-order chi connectivity index (χ1) is 15.4. The van der Waals surface area contributed by atoms with Crippen LogP contribution >= 0.6 is 23.5 Å². The highest BCUT2D eigenvalue weighted by molar-refractivity contribution is 8.13. The molecule has 33 heavy (non-hydrogen) atoms. The van der Waals surface area contributed by atoms with Crippen LogP contribution in [0.2, 0.25) is 0 Å². The number of thioether (sulfide) groups is 2. The number of aryl methyl sites for hydroxylation is 2. The standard InChI is InChI=1S/2C10H15N3S.H2O4S/c2*1-8-3-2-4-9(7-8)13-10(12)14-6-5-11;1-5(2,3)4/h2*2-4,7H,5-6,11H2,1H3,(H2,12,13);(H2,1,2,3,4). The Hall–Kier alpha value is -2.13. The van der Waals surface area contributed by atoms with E-state index < -0.39 is 10.4 Å². The summed E-state index contributed by atoms with van der Waals surface area (Å²) in [4.78, 5) is 6.24. The molecule has 2 aromatic carbocycles. The normalized spacial score (nSPS) is 11.7. The van der Waals surface area contributed by atoms with E-state index in [1.165, 1.54) is 34.7 Å². The lowest BCUT2D eigenvalue weighted by Gasteiger charge is -2.06. The first kappa shape index (κ1) is 30.9. The Bertz CT molecular complexity index is 927. The smallest absolute Gasteiger partial charge is 0.307 e. The van der Waals surface area contributed by atoms with Crippen molar-refractivity contribution in [3.05, 3.63) is 59.7 Å². The van der Waals surface area contributed by atoms with Gasteiger partial charge in [-0.3, -0.25) is 19.9 Å². The molecule has 10 nitrogen and oxygen atoms in total. The van der Waals surface area contributed by atoms with E-state index in [-0.39, 0.29) is 0 Å². The van der Waals surface area contributed by atoms with Crippen molar-refractivity contribution in [3.8, 4) is 0 Å². The van der Waals surface area contributed by atoms with Crippen LogP contribution in [0.1, 0.15) is 11.1 Å². The molecule has 0 aliphatic carbocycles. The van der Waals surface area contributed by atoms with Gasteiger partial charge in [-0.2, -0.15) is 0 Å². The molecule has 0 radical (unpaired) electrons. The van der Waals surface area contributed by atoms with Crippen LogP contribution in [-0.2, 0) is 10.4 Å². The van der Waals surface area contributed by atoms with Gasteiger partial charge in [0.05, 0.1) is 0 Å². The molecule has 2 rings (SSSR count). The van der Waals surface area contributed by atoms with Crippen LogP contribution in [0.15, 0.2) is 48.5 Å². The zero-order valence-corrected chi connectivity index (χ0v) is 21.1. The van der Waals surface area contributed by atoms with Crippen molar-refractivity contribution < 1.29 is 27.5 Å². The highest BCUT2D eigenvalue weighted by Crippen LogP contribution is 2.03. The Morgan fingerprint density at radius 1 is 0.818 bits per heavy atom. The average molecular weight is 517 g/mol. The van der Waals surface area contributed by atoms with E-state index in [9.17, 15) is 0 Å². The van der Waals surface area contributed by atoms with E-state index in [0.717, 1.165) is 22.9 Å². The van der Waals surface area contributed by atoms with Gasteiger partial charge >= 0.3 is 10.3 Å². The zero-order valence-electron chi connectivity index (χ0n) is 18.6. The van der Waals surface area contributed by atoms with Crippen molar-refractivity contribution >= 4 is 55.6 Å². The first-order valence-corrected chi connectivity index (χ1v) is 13.0. The molecule has 0 atom stereocenters. The molecular formula is C20H32N6O4S3. The van der Waals surface area contributed by atoms with Gasteiger partial charge in [-0.15, -0.1) is 0 Å². The van der Waals surface area contributed by atoms with Crippen molar-refractivity contribution in [1.82, 2.24) is 0 Å². The van der Waals surface area contributed by atoms with Crippen LogP contribution in [0.4, 0.5) is 11.4 Å². The fourth-order valence-corrected chi connectivity index (χ4v) is 3.20. The second-order valence-corrected chi connectivity index (χ2v) is 9.49. The van der Waals surface area contributed by atoms with Crippen LogP contribution in [0.3, 0.4) is 0 Å². The summed E-state index contributed by atoms with van der Waals surface area (Å²) in [6.07, 6.45) is 0. The maximum absolute atomic E-state index is 8.52. The SMILES string of the molecule is Cc1cccc([NH+]=C(N)SCCN)c1.Cc1cccc([NH+]=C(N)SCCN)c1.O=S(=O)([O-])[O-]. The minimum Gasteiger partial charge on any atom is -0.759 e. The fourth-order valence-electron chi connectivity index (χ4n) is 2.14. The molecule has 0 spiro atoms. The molecule has 0 amide bonds. The summed E-state index contributed by atoms with van der Waals surface area (Å²) in [7, 11) is -5.17. The second-order valence-electron chi connectivity index (χ2n) is 6.40. The van der Waals surface area contributed by atoms with E-state index in [0.29, 0.717) is 23.4 Å². The summed E-state index contributed by atoms with van der Waals surface area (Å²) in [5.41, 5.74) is 26.7. The molecule has 0 aromatic heterocycles. The summed E-state index contributed by atoms with van der Waals surface area (Å²) >= 11 is 3.07. The van der Waals surface area contributed by atoms with E-state index in [2.05, 4.69) is 22.1 Å². The number of hydrogen-bond donors (Lipinski definition) is 6. The number of nitrogens with two attached hydrogens (primary N) is 4. The van der Waals surface area contributed by atoms with Crippen molar-refractivity contribution in [2.75, 3.05) is 24.6 Å². The number of rotatable bonds is 6. The average Bonchev–Trinajstić information content (AvgIpc) is 2.70. The second kappa shape index (κ2) is 17.4. The number of nitrogens with one attached hydrogen (secondary N) is 2. The lowest BCUT2D eigenvalue weighted by Crippen LogP contribution is -2.68. The number of hydrogen-bond acceptors (Lipinski definition) is 8. The maximum atomic E-state index is 8.52. The molecule has 10 N–H and O–H groups in total. The van der Waals surface area contributed by atoms with Gasteiger partial charge in [0.1, 0.15) is 11.4 Å². The van der Waals surface area contributed by atoms with Gasteiger partial charge in [0, 0.05) is 35.0 Å². The maximum Gasteiger partial charge on any atom is 0.307 e. The largest absolute Gasteiger partial charge is 0.759 e. The van der Waals surface area contributed by atoms with E-state index in [1.807, 2.05) is 50.2 Å². The summed E-state index contributed by atoms with van der Waals surface area (Å²) in [5, 5.41) is 1.39. The predicted octanol–water partition coefficient (Wildman–Crippen LogP) is -1.91. The van der Waals surface area contributed by atoms with Crippen LogP contribution < -0.4 is 32.9 Å². The van der Waals surface area contributed by atoms with Crippen LogP contribution in [0.5, 0.6) is 0 Å². The molecule has 0 bridgehead atoms. The Morgan fingerprint density at radius 2 is 1.15 bits per heavy atom. The predicted molar refractivity (Wildman–Crippen MR) is 135 cm³/mol. The van der Waals surface area contributed by atoms with Gasteiger partial charge in [0.25, 0.3) is 0 Å². The summed E-state index contributed by atoms with van der Waals surface area (Å²) < 4.78 is 34.1. The van der Waals surface area contributed by atoms with Gasteiger partial charge in [-0.25, -0.2) is 9.98 Å². The van der Waals surface area contributed by atoms with Gasteiger partial charge in [-0.1, -0.05) is 24.3 Å². The fraction of sp³-hybridized carbons (Fsp3) is 0.300. The van der Waals surface area contributed by atoms with Gasteiger partial charge in [0.2, 0.25) is 0 Å². The summed E-state index contributed by atoms with van der Waals surface area (Å²) in [6.45, 7) is 5.38. The van der Waals surface area contributed by atoms with Crippen molar-refractivity contribution in [1.29, 1.82) is 0 Å². The molecule has 0 saturated heterocycles. The topological polar surface area (TPSA) is 212 Å². The third-order valence-electron chi connectivity index (χ3n) is 3.32. The highest BCUT2D eigenvalue weighted by atomic mass is 32.3. The van der Waals surface area contributed by atoms with Crippen LogP contribution in [0, 0.1) is 13.8 Å². The minimum atomic E-state index is -5.17. The number of amidine groups is 2. The van der Waals surface area contributed by atoms with Gasteiger partial charge in [0.15, 0.2) is 0 Å². The molecule has 184 valence electrons. The molecule has 0 unspecified atom stereocenters. The monoisotopic (exact) mass is 516 g/mol. The van der Waals surface area contributed by atoms with Gasteiger partial charge in [-0.05, 0) is 72.8 Å². The molecule has 0 fully saturated rings. The molecule has 0 heterocycles. The highest BCUT2D eigenvalue weighted by Gasteiger charge is 2.01. The Morgan fingerprint density at radius 3 is 1.42 bits per heavy atom.